The van der Waals surface area contributed by atoms with E-state index in [-0.39, 0.29) is 18.6 Å². The molecule has 1 saturated heterocycles. The third-order valence-corrected chi connectivity index (χ3v) is 5.08. The summed E-state index contributed by atoms with van der Waals surface area (Å²) in [6.07, 6.45) is 9.35. The Kier molecular flexibility index (Phi) is 4.24. The number of ether oxygens (including phenoxy) is 1. The minimum atomic E-state index is 0.0624. The topological polar surface area (TPSA) is 47.4 Å². The van der Waals surface area contributed by atoms with Crippen molar-refractivity contribution in [3.8, 4) is 5.75 Å². The van der Waals surface area contributed by atoms with Crippen LogP contribution in [0.4, 0.5) is 0 Å². The van der Waals surface area contributed by atoms with Gasteiger partial charge in [-0.1, -0.05) is 6.07 Å². The molecule has 1 unspecified atom stereocenters. The molecule has 1 aromatic carbocycles. The van der Waals surface area contributed by atoms with Crippen molar-refractivity contribution in [1.29, 1.82) is 0 Å². The van der Waals surface area contributed by atoms with Gasteiger partial charge in [0.15, 0.2) is 6.61 Å². The Morgan fingerprint density at radius 1 is 1.25 bits per heavy atom. The van der Waals surface area contributed by atoms with E-state index in [0.29, 0.717) is 6.54 Å². The lowest BCUT2D eigenvalue weighted by Crippen LogP contribution is -2.43. The third kappa shape index (κ3) is 3.16. The van der Waals surface area contributed by atoms with E-state index in [2.05, 4.69) is 17.2 Å². The molecule has 5 nitrogen and oxygen atoms in total. The van der Waals surface area contributed by atoms with Crippen LogP contribution in [-0.4, -0.2) is 40.3 Å². The van der Waals surface area contributed by atoms with Crippen LogP contribution < -0.4 is 4.74 Å². The molecule has 1 aliphatic heterocycles. The van der Waals surface area contributed by atoms with Crippen LogP contribution in [0.3, 0.4) is 0 Å². The number of hydrogen-bond acceptors (Lipinski definition) is 3. The van der Waals surface area contributed by atoms with Crippen molar-refractivity contribution in [3.05, 3.63) is 47.8 Å². The van der Waals surface area contributed by atoms with E-state index in [4.69, 9.17) is 4.74 Å². The van der Waals surface area contributed by atoms with Crippen molar-refractivity contribution in [3.63, 3.8) is 0 Å². The fraction of sp³-hybridized carbons (Fsp3) is 0.474. The first-order valence-corrected chi connectivity index (χ1v) is 8.81. The van der Waals surface area contributed by atoms with Crippen LogP contribution in [-0.2, 0) is 17.6 Å². The lowest BCUT2D eigenvalue weighted by molar-refractivity contribution is -0.135. The molecule has 2 aliphatic rings. The Bertz CT molecular complexity index is 711. The fourth-order valence-corrected chi connectivity index (χ4v) is 3.77. The number of benzene rings is 1. The van der Waals surface area contributed by atoms with E-state index in [1.165, 1.54) is 17.5 Å². The van der Waals surface area contributed by atoms with Gasteiger partial charge >= 0.3 is 0 Å². The molecule has 1 aromatic heterocycles. The van der Waals surface area contributed by atoms with Crippen LogP contribution in [0.2, 0.25) is 0 Å². The SMILES string of the molecule is O=C(COc1ccc2c(c1)CCC2)N1CCCC(n2cccn2)C1. The Hall–Kier alpha value is -2.30. The van der Waals surface area contributed by atoms with Gasteiger partial charge in [-0.3, -0.25) is 9.48 Å². The van der Waals surface area contributed by atoms with Crippen LogP contribution in [0, 0.1) is 0 Å². The number of piperidine rings is 1. The number of hydrogen-bond donors (Lipinski definition) is 0. The molecule has 2 aromatic rings. The molecule has 0 bridgehead atoms. The van der Waals surface area contributed by atoms with Crippen molar-refractivity contribution in [2.24, 2.45) is 0 Å². The smallest absolute Gasteiger partial charge is 0.260 e. The van der Waals surface area contributed by atoms with E-state index in [9.17, 15) is 4.79 Å². The predicted octanol–water partition coefficient (Wildman–Crippen LogP) is 2.61. The second kappa shape index (κ2) is 6.67. The molecule has 2 heterocycles. The van der Waals surface area contributed by atoms with Crippen LogP contribution in [0.25, 0.3) is 0 Å². The Morgan fingerprint density at radius 2 is 2.17 bits per heavy atom. The second-order valence-electron chi connectivity index (χ2n) is 6.69. The Balaban J connectivity index is 1.34. The maximum Gasteiger partial charge on any atom is 0.260 e. The van der Waals surface area contributed by atoms with Crippen LogP contribution in [0.1, 0.15) is 36.4 Å². The highest BCUT2D eigenvalue weighted by atomic mass is 16.5. The normalized spacial score (nSPS) is 20.0. The van der Waals surface area contributed by atoms with Gasteiger partial charge in [-0.2, -0.15) is 5.10 Å². The lowest BCUT2D eigenvalue weighted by Gasteiger charge is -2.32. The number of fused-ring (bicyclic) bond motifs is 1. The molecule has 126 valence electrons. The first kappa shape index (κ1) is 15.2. The predicted molar refractivity (Wildman–Crippen MR) is 91.0 cm³/mol. The number of carbonyl (C=O) groups excluding carboxylic acids is 1. The van der Waals surface area contributed by atoms with E-state index < -0.39 is 0 Å². The highest BCUT2D eigenvalue weighted by Gasteiger charge is 2.25. The van der Waals surface area contributed by atoms with Crippen molar-refractivity contribution in [2.45, 2.75) is 38.1 Å². The van der Waals surface area contributed by atoms with Gasteiger partial charge in [0.05, 0.1) is 6.04 Å². The average molecular weight is 325 g/mol. The summed E-state index contributed by atoms with van der Waals surface area (Å²) in [4.78, 5) is 14.4. The molecule has 1 amide bonds. The highest BCUT2D eigenvalue weighted by molar-refractivity contribution is 5.77. The maximum absolute atomic E-state index is 12.5. The van der Waals surface area contributed by atoms with E-state index in [0.717, 1.165) is 38.0 Å². The maximum atomic E-state index is 12.5. The van der Waals surface area contributed by atoms with Crippen molar-refractivity contribution in [2.75, 3.05) is 19.7 Å². The van der Waals surface area contributed by atoms with Crippen molar-refractivity contribution in [1.82, 2.24) is 14.7 Å². The summed E-state index contributed by atoms with van der Waals surface area (Å²) in [5.74, 6) is 0.872. The van der Waals surface area contributed by atoms with Crippen LogP contribution in [0.5, 0.6) is 5.75 Å². The van der Waals surface area contributed by atoms with Gasteiger partial charge in [-0.15, -0.1) is 0 Å². The number of likely N-dealkylation sites (tertiary alicyclic amines) is 1. The summed E-state index contributed by atoms with van der Waals surface area (Å²) in [6.45, 7) is 1.64. The molecule has 1 atom stereocenters. The standard InChI is InChI=1S/C19H23N3O2/c23-19(14-24-18-8-7-15-4-1-5-16(15)12-18)21-10-2-6-17(13-21)22-11-3-9-20-22/h3,7-9,11-12,17H,1-2,4-6,10,13-14H2. The molecule has 0 radical (unpaired) electrons. The van der Waals surface area contributed by atoms with E-state index in [1.54, 1.807) is 6.20 Å². The molecular weight excluding hydrogens is 302 g/mol. The number of aromatic nitrogens is 2. The van der Waals surface area contributed by atoms with Gasteiger partial charge in [0.2, 0.25) is 0 Å². The van der Waals surface area contributed by atoms with Gasteiger partial charge < -0.3 is 9.64 Å². The Morgan fingerprint density at radius 3 is 3.04 bits per heavy atom. The average Bonchev–Trinajstić information content (AvgIpc) is 3.30. The van der Waals surface area contributed by atoms with E-state index in [1.807, 2.05) is 27.9 Å². The summed E-state index contributed by atoms with van der Waals surface area (Å²) in [5, 5.41) is 4.31. The minimum Gasteiger partial charge on any atom is -0.484 e. The molecule has 0 N–H and O–H groups in total. The quantitative estimate of drug-likeness (QED) is 0.868. The van der Waals surface area contributed by atoms with Crippen LogP contribution in [0.15, 0.2) is 36.7 Å². The van der Waals surface area contributed by atoms with E-state index >= 15 is 0 Å². The zero-order valence-corrected chi connectivity index (χ0v) is 13.9. The summed E-state index contributed by atoms with van der Waals surface area (Å²) in [6, 6.07) is 8.42. The molecule has 24 heavy (non-hydrogen) atoms. The zero-order chi connectivity index (χ0) is 16.4. The summed E-state index contributed by atoms with van der Waals surface area (Å²) in [7, 11) is 0. The number of rotatable bonds is 4. The summed E-state index contributed by atoms with van der Waals surface area (Å²) in [5.41, 5.74) is 2.79. The molecule has 5 heteroatoms. The van der Waals surface area contributed by atoms with Gasteiger partial charge in [0, 0.05) is 25.5 Å². The largest absolute Gasteiger partial charge is 0.484 e. The third-order valence-electron chi connectivity index (χ3n) is 5.08. The molecule has 4 rings (SSSR count). The van der Waals surface area contributed by atoms with Crippen molar-refractivity contribution >= 4 is 5.91 Å². The Labute approximate surface area is 142 Å². The molecule has 1 aliphatic carbocycles. The lowest BCUT2D eigenvalue weighted by atomic mass is 10.1. The molecular formula is C19H23N3O2. The molecule has 1 fully saturated rings. The van der Waals surface area contributed by atoms with Gasteiger partial charge in [0.1, 0.15) is 5.75 Å². The number of nitrogens with zero attached hydrogens (tertiary/aromatic N) is 3. The van der Waals surface area contributed by atoms with Crippen molar-refractivity contribution < 1.29 is 9.53 Å². The number of carbonyl (C=O) groups is 1. The zero-order valence-electron chi connectivity index (χ0n) is 13.9. The van der Waals surface area contributed by atoms with Gasteiger partial charge in [-0.05, 0) is 61.4 Å². The minimum absolute atomic E-state index is 0.0624. The van der Waals surface area contributed by atoms with Gasteiger partial charge in [-0.25, -0.2) is 0 Å². The fourth-order valence-electron chi connectivity index (χ4n) is 3.77. The summed E-state index contributed by atoms with van der Waals surface area (Å²) < 4.78 is 7.72. The molecule has 0 saturated carbocycles. The van der Waals surface area contributed by atoms with Crippen LogP contribution >= 0.6 is 0 Å². The first-order chi connectivity index (χ1) is 11.8. The summed E-state index contributed by atoms with van der Waals surface area (Å²) >= 11 is 0. The van der Waals surface area contributed by atoms with Gasteiger partial charge in [0.25, 0.3) is 5.91 Å². The highest BCUT2D eigenvalue weighted by Crippen LogP contribution is 2.26. The number of aryl methyl sites for hydroxylation is 2. The second-order valence-corrected chi connectivity index (χ2v) is 6.69. The molecule has 0 spiro atoms. The monoisotopic (exact) mass is 325 g/mol. The first-order valence-electron chi connectivity index (χ1n) is 8.81. The number of amides is 1.